The van der Waals surface area contributed by atoms with Crippen molar-refractivity contribution in [2.75, 3.05) is 12.3 Å². The van der Waals surface area contributed by atoms with Crippen molar-refractivity contribution in [3.05, 3.63) is 16.7 Å². The first-order chi connectivity index (χ1) is 11.2. The van der Waals surface area contributed by atoms with Crippen molar-refractivity contribution in [3.63, 3.8) is 0 Å². The van der Waals surface area contributed by atoms with Crippen LogP contribution in [0.1, 0.15) is 6.23 Å². The number of nitrogens with two attached hydrogens (primary N) is 1. The summed E-state index contributed by atoms with van der Waals surface area (Å²) in [6.07, 6.45) is -10.6. The molecule has 1 fully saturated rings. The summed E-state index contributed by atoms with van der Waals surface area (Å²) in [4.78, 5) is 21.5. The highest BCUT2D eigenvalue weighted by atomic mass is 19.4. The number of aromatic nitrogens is 4. The molecule has 2 aromatic rings. The van der Waals surface area contributed by atoms with Gasteiger partial charge in [0.15, 0.2) is 17.4 Å². The van der Waals surface area contributed by atoms with Gasteiger partial charge in [-0.2, -0.15) is 4.98 Å². The Balaban J connectivity index is 2.07. The van der Waals surface area contributed by atoms with Crippen molar-refractivity contribution < 1.29 is 32.9 Å². The highest BCUT2D eigenvalue weighted by molar-refractivity contribution is 5.70. The fourth-order valence-corrected chi connectivity index (χ4v) is 2.50. The van der Waals surface area contributed by atoms with E-state index in [-0.39, 0.29) is 17.1 Å². The molecule has 0 saturated carbocycles. The minimum Gasteiger partial charge on any atom is -0.394 e. The van der Waals surface area contributed by atoms with Crippen molar-refractivity contribution in [2.24, 2.45) is 0 Å². The first kappa shape index (κ1) is 16.6. The normalized spacial score (nSPS) is 27.9. The standard InChI is InChI=1S/C11H12F3N5O5/c12-11(13,14)24-6-5(21)3(1-20)23-9(6)19-2-16-4-7(19)17-10(15)18-8(4)22/h2-3,5-6,9,20-21H,1H2,(H3,15,17,18,22)/t3-,5-,6-,9-/m1/s1. The Hall–Kier alpha value is -2.22. The highest BCUT2D eigenvalue weighted by Gasteiger charge is 2.50. The summed E-state index contributed by atoms with van der Waals surface area (Å²) < 4.78 is 47.9. The Labute approximate surface area is 130 Å². The number of nitrogens with zero attached hydrogens (tertiary/aromatic N) is 3. The average Bonchev–Trinajstić information content (AvgIpc) is 3.00. The minimum atomic E-state index is -5.06. The van der Waals surface area contributed by atoms with E-state index in [2.05, 4.69) is 19.7 Å². The van der Waals surface area contributed by atoms with Gasteiger partial charge in [-0.3, -0.25) is 19.1 Å². The number of anilines is 1. The van der Waals surface area contributed by atoms with E-state index in [0.29, 0.717) is 0 Å². The number of nitrogen functional groups attached to an aromatic ring is 1. The van der Waals surface area contributed by atoms with Gasteiger partial charge in [0, 0.05) is 0 Å². The van der Waals surface area contributed by atoms with Crippen molar-refractivity contribution in [3.8, 4) is 0 Å². The average molecular weight is 351 g/mol. The third-order valence-electron chi connectivity index (χ3n) is 3.49. The molecule has 5 N–H and O–H groups in total. The van der Waals surface area contributed by atoms with Gasteiger partial charge in [0.05, 0.1) is 12.9 Å². The Bertz CT molecular complexity index is 805. The third kappa shape index (κ3) is 2.82. The van der Waals surface area contributed by atoms with Crippen LogP contribution in [0.5, 0.6) is 0 Å². The van der Waals surface area contributed by atoms with Gasteiger partial charge in [0.25, 0.3) is 5.56 Å². The Morgan fingerprint density at radius 1 is 1.50 bits per heavy atom. The molecular formula is C11H12F3N5O5. The van der Waals surface area contributed by atoms with Crippen LogP contribution in [0.4, 0.5) is 19.1 Å². The molecule has 4 atom stereocenters. The predicted octanol–water partition coefficient (Wildman–Crippen LogP) is -1.14. The van der Waals surface area contributed by atoms with Gasteiger partial charge in [-0.25, -0.2) is 4.98 Å². The molecule has 0 aromatic carbocycles. The lowest BCUT2D eigenvalue weighted by Crippen LogP contribution is -2.39. The summed E-state index contributed by atoms with van der Waals surface area (Å²) in [5.74, 6) is -0.278. The summed E-state index contributed by atoms with van der Waals surface area (Å²) in [5.41, 5.74) is 4.40. The number of aliphatic hydroxyl groups excluding tert-OH is 2. The van der Waals surface area contributed by atoms with Crippen LogP contribution in [0, 0.1) is 0 Å². The summed E-state index contributed by atoms with van der Waals surface area (Å²) >= 11 is 0. The van der Waals surface area contributed by atoms with Gasteiger partial charge in [-0.15, -0.1) is 13.2 Å². The number of alkyl halides is 3. The van der Waals surface area contributed by atoms with Crippen LogP contribution in [-0.2, 0) is 9.47 Å². The molecular weight excluding hydrogens is 339 g/mol. The maximum absolute atomic E-state index is 12.6. The summed E-state index contributed by atoms with van der Waals surface area (Å²) in [6, 6.07) is 0. The van der Waals surface area contributed by atoms with Crippen LogP contribution >= 0.6 is 0 Å². The number of ether oxygens (including phenoxy) is 2. The number of hydrogen-bond acceptors (Lipinski definition) is 8. The zero-order valence-electron chi connectivity index (χ0n) is 11.8. The number of rotatable bonds is 3. The van der Waals surface area contributed by atoms with Crippen molar-refractivity contribution in [1.29, 1.82) is 0 Å². The van der Waals surface area contributed by atoms with E-state index in [9.17, 15) is 23.1 Å². The lowest BCUT2D eigenvalue weighted by atomic mass is 10.1. The molecule has 0 amide bonds. The molecule has 0 bridgehead atoms. The second-order valence-corrected chi connectivity index (χ2v) is 5.04. The fourth-order valence-electron chi connectivity index (χ4n) is 2.50. The molecule has 132 valence electrons. The first-order valence-corrected chi connectivity index (χ1v) is 6.62. The zero-order chi connectivity index (χ0) is 17.6. The van der Waals surface area contributed by atoms with E-state index >= 15 is 0 Å². The quantitative estimate of drug-likeness (QED) is 0.542. The Kier molecular flexibility index (Phi) is 3.95. The lowest BCUT2D eigenvalue weighted by molar-refractivity contribution is -0.355. The summed E-state index contributed by atoms with van der Waals surface area (Å²) in [7, 11) is 0. The lowest BCUT2D eigenvalue weighted by Gasteiger charge is -2.22. The fraction of sp³-hybridized carbons (Fsp3) is 0.545. The SMILES string of the molecule is Nc1nc2c(ncn2[C@@H]2O[C@H](CO)[C@@H](O)[C@H]2OC(F)(F)F)c(=O)[nH]1. The summed E-state index contributed by atoms with van der Waals surface area (Å²) in [6.45, 7) is -0.738. The van der Waals surface area contributed by atoms with Gasteiger partial charge in [0.2, 0.25) is 5.95 Å². The van der Waals surface area contributed by atoms with Gasteiger partial charge in [0.1, 0.15) is 18.3 Å². The van der Waals surface area contributed by atoms with Gasteiger partial charge >= 0.3 is 6.36 Å². The van der Waals surface area contributed by atoms with E-state index in [4.69, 9.17) is 15.6 Å². The van der Waals surface area contributed by atoms with Crippen LogP contribution in [0.2, 0.25) is 0 Å². The van der Waals surface area contributed by atoms with Crippen LogP contribution in [0.15, 0.2) is 11.1 Å². The zero-order valence-corrected chi connectivity index (χ0v) is 11.8. The van der Waals surface area contributed by atoms with E-state index in [1.807, 2.05) is 0 Å². The topological polar surface area (TPSA) is 149 Å². The number of aliphatic hydroxyl groups is 2. The number of H-pyrrole nitrogens is 1. The molecule has 1 saturated heterocycles. The largest absolute Gasteiger partial charge is 0.523 e. The van der Waals surface area contributed by atoms with E-state index in [0.717, 1.165) is 10.9 Å². The Morgan fingerprint density at radius 2 is 2.21 bits per heavy atom. The molecule has 2 aromatic heterocycles. The molecule has 0 radical (unpaired) electrons. The molecule has 3 rings (SSSR count). The second-order valence-electron chi connectivity index (χ2n) is 5.04. The van der Waals surface area contributed by atoms with Gasteiger partial charge < -0.3 is 20.7 Å². The maximum Gasteiger partial charge on any atom is 0.523 e. The predicted molar refractivity (Wildman–Crippen MR) is 70.5 cm³/mol. The van der Waals surface area contributed by atoms with Crippen LogP contribution in [-0.4, -0.2) is 61.0 Å². The molecule has 1 aliphatic rings. The van der Waals surface area contributed by atoms with Gasteiger partial charge in [-0.05, 0) is 0 Å². The monoisotopic (exact) mass is 351 g/mol. The number of hydrogen-bond donors (Lipinski definition) is 4. The van der Waals surface area contributed by atoms with E-state index in [1.165, 1.54) is 0 Å². The van der Waals surface area contributed by atoms with Crippen LogP contribution in [0.3, 0.4) is 0 Å². The number of fused-ring (bicyclic) bond motifs is 1. The number of nitrogens with one attached hydrogen (secondary N) is 1. The van der Waals surface area contributed by atoms with Gasteiger partial charge in [-0.1, -0.05) is 0 Å². The van der Waals surface area contributed by atoms with E-state index in [1.54, 1.807) is 0 Å². The minimum absolute atomic E-state index is 0.150. The summed E-state index contributed by atoms with van der Waals surface area (Å²) in [5, 5.41) is 19.0. The molecule has 13 heteroatoms. The Morgan fingerprint density at radius 3 is 2.83 bits per heavy atom. The molecule has 3 heterocycles. The molecule has 0 aliphatic carbocycles. The molecule has 24 heavy (non-hydrogen) atoms. The second kappa shape index (κ2) is 5.70. The van der Waals surface area contributed by atoms with Crippen molar-refractivity contribution in [1.82, 2.24) is 19.5 Å². The molecule has 10 nitrogen and oxygen atoms in total. The van der Waals surface area contributed by atoms with Crippen LogP contribution < -0.4 is 11.3 Å². The number of imidazole rings is 1. The van der Waals surface area contributed by atoms with Crippen molar-refractivity contribution in [2.45, 2.75) is 30.9 Å². The van der Waals surface area contributed by atoms with E-state index < -0.39 is 43.1 Å². The third-order valence-corrected chi connectivity index (χ3v) is 3.49. The molecule has 1 aliphatic heterocycles. The molecule has 0 unspecified atom stereocenters. The first-order valence-electron chi connectivity index (χ1n) is 6.62. The number of aromatic amines is 1. The smallest absolute Gasteiger partial charge is 0.394 e. The number of halogens is 3. The maximum atomic E-state index is 12.6. The van der Waals surface area contributed by atoms with Crippen molar-refractivity contribution >= 4 is 17.1 Å². The highest BCUT2D eigenvalue weighted by Crippen LogP contribution is 2.36. The van der Waals surface area contributed by atoms with Crippen LogP contribution in [0.25, 0.3) is 11.2 Å². The molecule has 0 spiro atoms.